The average Bonchev–Trinajstić information content (AvgIpc) is 3.26. The first kappa shape index (κ1) is 21.4. The van der Waals surface area contributed by atoms with Gasteiger partial charge in [0.25, 0.3) is 0 Å². The molecule has 1 aliphatic heterocycles. The van der Waals surface area contributed by atoms with Crippen LogP contribution >= 0.6 is 11.6 Å². The molecule has 1 saturated heterocycles. The van der Waals surface area contributed by atoms with Crippen molar-refractivity contribution in [2.45, 2.75) is 63.1 Å². The number of carbonyl (C=O) groups excluding carboxylic acids is 1. The fourth-order valence-electron chi connectivity index (χ4n) is 4.84. The third kappa shape index (κ3) is 4.88. The zero-order chi connectivity index (χ0) is 21.0. The van der Waals surface area contributed by atoms with E-state index < -0.39 is 5.41 Å². The standard InChI is InChI=1S/C25H31ClN2O2/c26-22-9-7-21(8-10-22)25(13-1-2-14-25)24(30)27-17-19-3-5-20(6-4-19)18-28-15-11-23(29)12-16-28/h3-10,23,29H,1-2,11-18H2,(H,27,30). The van der Waals surface area contributed by atoms with Crippen molar-refractivity contribution in [1.29, 1.82) is 0 Å². The number of aliphatic hydroxyl groups excluding tert-OH is 1. The Kier molecular flexibility index (Phi) is 6.77. The van der Waals surface area contributed by atoms with E-state index in [0.29, 0.717) is 11.6 Å². The highest BCUT2D eigenvalue weighted by molar-refractivity contribution is 6.30. The molecule has 0 unspecified atom stereocenters. The Morgan fingerprint density at radius 3 is 2.23 bits per heavy atom. The molecule has 5 heteroatoms. The first-order valence-corrected chi connectivity index (χ1v) is 11.5. The van der Waals surface area contributed by atoms with Crippen LogP contribution in [-0.4, -0.2) is 35.1 Å². The molecule has 1 aliphatic carbocycles. The minimum atomic E-state index is -0.427. The van der Waals surface area contributed by atoms with E-state index >= 15 is 0 Å². The molecule has 2 fully saturated rings. The van der Waals surface area contributed by atoms with E-state index in [2.05, 4.69) is 34.5 Å². The summed E-state index contributed by atoms with van der Waals surface area (Å²) in [6.07, 6.45) is 5.53. The number of carbonyl (C=O) groups is 1. The van der Waals surface area contributed by atoms with Crippen molar-refractivity contribution in [3.05, 3.63) is 70.2 Å². The molecule has 0 atom stereocenters. The van der Waals surface area contributed by atoms with Gasteiger partial charge in [0.15, 0.2) is 0 Å². The van der Waals surface area contributed by atoms with Crippen molar-refractivity contribution >= 4 is 17.5 Å². The van der Waals surface area contributed by atoms with Gasteiger partial charge in [-0.05, 0) is 54.5 Å². The number of nitrogens with zero attached hydrogens (tertiary/aromatic N) is 1. The molecule has 4 nitrogen and oxygen atoms in total. The van der Waals surface area contributed by atoms with E-state index in [4.69, 9.17) is 11.6 Å². The summed E-state index contributed by atoms with van der Waals surface area (Å²) >= 11 is 6.05. The highest BCUT2D eigenvalue weighted by Gasteiger charge is 2.42. The van der Waals surface area contributed by atoms with Crippen LogP contribution in [0, 0.1) is 0 Å². The van der Waals surface area contributed by atoms with Crippen molar-refractivity contribution in [3.8, 4) is 0 Å². The number of rotatable bonds is 6. The molecular formula is C25H31ClN2O2. The topological polar surface area (TPSA) is 52.6 Å². The minimum Gasteiger partial charge on any atom is -0.393 e. The monoisotopic (exact) mass is 426 g/mol. The zero-order valence-electron chi connectivity index (χ0n) is 17.4. The van der Waals surface area contributed by atoms with Crippen LogP contribution in [0.4, 0.5) is 0 Å². The Hall–Kier alpha value is -1.88. The van der Waals surface area contributed by atoms with Gasteiger partial charge in [-0.15, -0.1) is 0 Å². The van der Waals surface area contributed by atoms with Crippen LogP contribution in [0.3, 0.4) is 0 Å². The fraction of sp³-hybridized carbons (Fsp3) is 0.480. The molecule has 30 heavy (non-hydrogen) atoms. The highest BCUT2D eigenvalue weighted by atomic mass is 35.5. The first-order valence-electron chi connectivity index (χ1n) is 11.1. The Bertz CT molecular complexity index is 836. The van der Waals surface area contributed by atoms with E-state index in [1.807, 2.05) is 24.3 Å². The van der Waals surface area contributed by atoms with Gasteiger partial charge in [0.2, 0.25) is 5.91 Å². The van der Waals surface area contributed by atoms with Gasteiger partial charge >= 0.3 is 0 Å². The van der Waals surface area contributed by atoms with Crippen LogP contribution in [-0.2, 0) is 23.3 Å². The second-order valence-corrected chi connectivity index (χ2v) is 9.24. The van der Waals surface area contributed by atoms with Gasteiger partial charge in [-0.25, -0.2) is 0 Å². The summed E-state index contributed by atoms with van der Waals surface area (Å²) in [5.74, 6) is 0.123. The first-order chi connectivity index (χ1) is 14.5. The Balaban J connectivity index is 1.35. The van der Waals surface area contributed by atoms with E-state index in [0.717, 1.165) is 69.3 Å². The van der Waals surface area contributed by atoms with Crippen molar-refractivity contribution in [1.82, 2.24) is 10.2 Å². The summed E-state index contributed by atoms with van der Waals surface area (Å²) in [6.45, 7) is 3.36. The van der Waals surface area contributed by atoms with Crippen LogP contribution in [0.1, 0.15) is 55.2 Å². The predicted octanol–water partition coefficient (Wildman–Crippen LogP) is 4.42. The molecule has 0 bridgehead atoms. The average molecular weight is 427 g/mol. The van der Waals surface area contributed by atoms with Crippen molar-refractivity contribution < 1.29 is 9.90 Å². The molecule has 2 N–H and O–H groups in total. The van der Waals surface area contributed by atoms with Gasteiger partial charge in [0.05, 0.1) is 11.5 Å². The second-order valence-electron chi connectivity index (χ2n) is 8.80. The summed E-state index contributed by atoms with van der Waals surface area (Å²) in [4.78, 5) is 15.6. The lowest BCUT2D eigenvalue weighted by atomic mass is 9.78. The molecule has 2 aromatic carbocycles. The Morgan fingerprint density at radius 1 is 1.00 bits per heavy atom. The van der Waals surface area contributed by atoms with Crippen LogP contribution in [0.2, 0.25) is 5.02 Å². The molecule has 0 spiro atoms. The lowest BCUT2D eigenvalue weighted by Crippen LogP contribution is -2.42. The summed E-state index contributed by atoms with van der Waals surface area (Å²) in [5.41, 5.74) is 3.04. The van der Waals surface area contributed by atoms with Crippen molar-refractivity contribution in [3.63, 3.8) is 0 Å². The van der Waals surface area contributed by atoms with Gasteiger partial charge in [-0.1, -0.05) is 60.8 Å². The number of nitrogens with one attached hydrogen (secondary N) is 1. The second kappa shape index (κ2) is 9.51. The third-order valence-corrected chi connectivity index (χ3v) is 6.98. The molecule has 1 heterocycles. The number of benzene rings is 2. The van der Waals surface area contributed by atoms with E-state index in [9.17, 15) is 9.90 Å². The van der Waals surface area contributed by atoms with Crippen LogP contribution in [0.25, 0.3) is 0 Å². The lowest BCUT2D eigenvalue weighted by Gasteiger charge is -2.29. The number of hydrogen-bond acceptors (Lipinski definition) is 3. The predicted molar refractivity (Wildman–Crippen MR) is 120 cm³/mol. The summed E-state index contributed by atoms with van der Waals surface area (Å²) in [6, 6.07) is 16.3. The van der Waals surface area contributed by atoms with Gasteiger partial charge in [-0.3, -0.25) is 9.69 Å². The molecule has 0 radical (unpaired) electrons. The molecule has 2 aromatic rings. The molecule has 1 saturated carbocycles. The number of likely N-dealkylation sites (tertiary alicyclic amines) is 1. The Labute approximate surface area is 184 Å². The van der Waals surface area contributed by atoms with Gasteiger partial charge in [0.1, 0.15) is 0 Å². The van der Waals surface area contributed by atoms with E-state index in [1.54, 1.807) is 0 Å². The number of amides is 1. The summed E-state index contributed by atoms with van der Waals surface area (Å²) in [7, 11) is 0. The van der Waals surface area contributed by atoms with E-state index in [1.165, 1.54) is 5.56 Å². The van der Waals surface area contributed by atoms with Gasteiger partial charge in [0, 0.05) is 31.2 Å². The van der Waals surface area contributed by atoms with Gasteiger partial charge < -0.3 is 10.4 Å². The van der Waals surface area contributed by atoms with Gasteiger partial charge in [-0.2, -0.15) is 0 Å². The molecular weight excluding hydrogens is 396 g/mol. The maximum Gasteiger partial charge on any atom is 0.230 e. The maximum absolute atomic E-state index is 13.2. The van der Waals surface area contributed by atoms with Crippen molar-refractivity contribution in [2.75, 3.05) is 13.1 Å². The molecule has 2 aliphatic rings. The smallest absolute Gasteiger partial charge is 0.230 e. The number of halogens is 1. The SMILES string of the molecule is O=C(NCc1ccc(CN2CCC(O)CC2)cc1)C1(c2ccc(Cl)cc2)CCCC1. The number of piperidine rings is 1. The molecule has 0 aromatic heterocycles. The molecule has 160 valence electrons. The zero-order valence-corrected chi connectivity index (χ0v) is 18.2. The normalized spacial score (nSPS) is 19.7. The van der Waals surface area contributed by atoms with Crippen LogP contribution in [0.5, 0.6) is 0 Å². The number of hydrogen-bond donors (Lipinski definition) is 2. The fourth-order valence-corrected chi connectivity index (χ4v) is 4.97. The van der Waals surface area contributed by atoms with E-state index in [-0.39, 0.29) is 12.0 Å². The highest BCUT2D eigenvalue weighted by Crippen LogP contribution is 2.41. The quantitative estimate of drug-likeness (QED) is 0.718. The largest absolute Gasteiger partial charge is 0.393 e. The third-order valence-electron chi connectivity index (χ3n) is 6.73. The molecule has 4 rings (SSSR count). The maximum atomic E-state index is 13.2. The number of aliphatic hydroxyl groups is 1. The van der Waals surface area contributed by atoms with Crippen LogP contribution in [0.15, 0.2) is 48.5 Å². The van der Waals surface area contributed by atoms with Crippen LogP contribution < -0.4 is 5.32 Å². The molecule has 1 amide bonds. The Morgan fingerprint density at radius 2 is 1.60 bits per heavy atom. The minimum absolute atomic E-state index is 0.123. The van der Waals surface area contributed by atoms with Crippen molar-refractivity contribution in [2.24, 2.45) is 0 Å². The summed E-state index contributed by atoms with van der Waals surface area (Å²) in [5, 5.41) is 13.5. The summed E-state index contributed by atoms with van der Waals surface area (Å²) < 4.78 is 0. The lowest BCUT2D eigenvalue weighted by molar-refractivity contribution is -0.126.